The van der Waals surface area contributed by atoms with E-state index in [-0.39, 0.29) is 16.6 Å². The summed E-state index contributed by atoms with van der Waals surface area (Å²) < 4.78 is 52.0. The van der Waals surface area contributed by atoms with Crippen LogP contribution in [0.15, 0.2) is 82.2 Å². The average Bonchev–Trinajstić information content (AvgIpc) is 3.37. The van der Waals surface area contributed by atoms with Gasteiger partial charge in [-0.15, -0.1) is 0 Å². The van der Waals surface area contributed by atoms with E-state index < -0.39 is 10.0 Å². The Morgan fingerprint density at radius 3 is 2.31 bits per heavy atom. The van der Waals surface area contributed by atoms with Crippen molar-refractivity contribution in [3.63, 3.8) is 0 Å². The molecule has 1 aliphatic heterocycles. The van der Waals surface area contributed by atoms with Gasteiger partial charge in [0.05, 0.1) is 10.8 Å². The normalized spacial score (nSPS) is 16.8. The fourth-order valence-corrected chi connectivity index (χ4v) is 5.57. The first-order chi connectivity index (χ1) is 16.9. The zero-order valence-corrected chi connectivity index (χ0v) is 19.9. The van der Waals surface area contributed by atoms with E-state index >= 15 is 0 Å². The van der Waals surface area contributed by atoms with E-state index in [0.29, 0.717) is 42.7 Å². The summed E-state index contributed by atoms with van der Waals surface area (Å²) in [5.41, 5.74) is 1.75. The first-order valence-electron chi connectivity index (χ1n) is 11.3. The minimum Gasteiger partial charge on any atom is -0.457 e. The van der Waals surface area contributed by atoms with E-state index in [1.165, 1.54) is 16.4 Å². The Morgan fingerprint density at radius 1 is 0.971 bits per heavy atom. The summed E-state index contributed by atoms with van der Waals surface area (Å²) in [5, 5.41) is 4.10. The first kappa shape index (κ1) is 23.2. The maximum absolute atomic E-state index is 13.1. The molecule has 2 heterocycles. The Hall–Kier alpha value is -3.56. The fraction of sp³-hybridized carbons (Fsp3) is 0.231. The number of rotatable bonds is 6. The van der Waals surface area contributed by atoms with E-state index in [4.69, 9.17) is 9.26 Å². The van der Waals surface area contributed by atoms with Crippen molar-refractivity contribution in [1.82, 2.24) is 14.4 Å². The Balaban J connectivity index is 1.28. The molecule has 3 aromatic carbocycles. The lowest BCUT2D eigenvalue weighted by atomic mass is 10.00. The number of piperidine rings is 1. The van der Waals surface area contributed by atoms with Crippen LogP contribution in [0, 0.1) is 12.7 Å². The van der Waals surface area contributed by atoms with Crippen molar-refractivity contribution in [2.75, 3.05) is 13.1 Å². The average molecular weight is 494 g/mol. The van der Waals surface area contributed by atoms with Crippen molar-refractivity contribution in [2.45, 2.75) is 30.6 Å². The van der Waals surface area contributed by atoms with Crippen molar-refractivity contribution < 1.29 is 22.1 Å². The molecule has 0 spiro atoms. The summed E-state index contributed by atoms with van der Waals surface area (Å²) in [6, 6.07) is 19.8. The van der Waals surface area contributed by atoms with Gasteiger partial charge < -0.3 is 9.26 Å². The Labute approximate surface area is 203 Å². The molecule has 1 atom stereocenters. The number of hydrogen-bond acceptors (Lipinski definition) is 6. The lowest BCUT2D eigenvalue weighted by molar-refractivity contribution is 0.265. The quantitative estimate of drug-likeness (QED) is 0.350. The first-order valence-corrected chi connectivity index (χ1v) is 12.8. The third kappa shape index (κ3) is 5.11. The zero-order valence-electron chi connectivity index (χ0n) is 19.1. The van der Waals surface area contributed by atoms with Crippen LogP contribution in [0.1, 0.15) is 30.2 Å². The standard InChI is InChI=1S/C26H24FN3O4S/c1-18-4-14-24(15-5-18)35(31,32)30-16-2-3-20(17-30)26-28-25(29-34-26)19-6-10-22(11-7-19)33-23-12-8-21(27)9-13-23/h4-15,20H,2-3,16-17H2,1H3/t20-/m0/s1. The number of sulfonamides is 1. The fourth-order valence-electron chi connectivity index (χ4n) is 4.05. The molecule has 0 saturated carbocycles. The van der Waals surface area contributed by atoms with Gasteiger partial charge in [-0.25, -0.2) is 12.8 Å². The van der Waals surface area contributed by atoms with E-state index in [1.54, 1.807) is 48.5 Å². The third-order valence-electron chi connectivity index (χ3n) is 6.00. The van der Waals surface area contributed by atoms with Gasteiger partial charge in [-0.2, -0.15) is 9.29 Å². The monoisotopic (exact) mass is 493 g/mol. The Morgan fingerprint density at radius 2 is 1.63 bits per heavy atom. The van der Waals surface area contributed by atoms with E-state index in [9.17, 15) is 12.8 Å². The van der Waals surface area contributed by atoms with E-state index in [1.807, 2.05) is 19.1 Å². The zero-order chi connectivity index (χ0) is 24.4. The van der Waals surface area contributed by atoms with Gasteiger partial charge in [0.2, 0.25) is 21.7 Å². The topological polar surface area (TPSA) is 85.5 Å². The lowest BCUT2D eigenvalue weighted by Crippen LogP contribution is -2.39. The van der Waals surface area contributed by atoms with E-state index in [0.717, 1.165) is 17.5 Å². The molecular weight excluding hydrogens is 469 g/mol. The highest BCUT2D eigenvalue weighted by Gasteiger charge is 2.33. The molecule has 1 fully saturated rings. The van der Waals surface area contributed by atoms with Crippen molar-refractivity contribution in [3.8, 4) is 22.9 Å². The van der Waals surface area contributed by atoms with Crippen molar-refractivity contribution in [3.05, 3.63) is 90.1 Å². The molecule has 5 rings (SSSR count). The molecule has 0 radical (unpaired) electrons. The number of aromatic nitrogens is 2. The lowest BCUT2D eigenvalue weighted by Gasteiger charge is -2.30. The Kier molecular flexibility index (Phi) is 6.36. The summed E-state index contributed by atoms with van der Waals surface area (Å²) in [4.78, 5) is 4.84. The molecule has 1 aliphatic rings. The maximum Gasteiger partial charge on any atom is 0.243 e. The van der Waals surface area contributed by atoms with Crippen LogP contribution >= 0.6 is 0 Å². The second-order valence-electron chi connectivity index (χ2n) is 8.55. The number of benzene rings is 3. The minimum absolute atomic E-state index is 0.175. The van der Waals surface area contributed by atoms with Gasteiger partial charge in [-0.3, -0.25) is 0 Å². The van der Waals surface area contributed by atoms with Crippen LogP contribution < -0.4 is 4.74 Å². The van der Waals surface area contributed by atoms with Crippen molar-refractivity contribution in [2.24, 2.45) is 0 Å². The molecule has 180 valence electrons. The SMILES string of the molecule is Cc1ccc(S(=O)(=O)N2CCC[C@H](c3nc(-c4ccc(Oc5ccc(F)cc5)cc4)no3)C2)cc1. The van der Waals surface area contributed by atoms with Gasteiger partial charge in [0, 0.05) is 18.7 Å². The summed E-state index contributed by atoms with van der Waals surface area (Å²) in [5.74, 6) is 1.47. The Bertz CT molecular complexity index is 1400. The predicted molar refractivity (Wildman–Crippen MR) is 128 cm³/mol. The summed E-state index contributed by atoms with van der Waals surface area (Å²) in [6.45, 7) is 2.68. The molecule has 0 amide bonds. The molecule has 35 heavy (non-hydrogen) atoms. The highest BCUT2D eigenvalue weighted by molar-refractivity contribution is 7.89. The molecule has 1 aromatic heterocycles. The molecule has 4 aromatic rings. The van der Waals surface area contributed by atoms with Crippen LogP contribution in [-0.2, 0) is 10.0 Å². The smallest absolute Gasteiger partial charge is 0.243 e. The van der Waals surface area contributed by atoms with Gasteiger partial charge in [-0.05, 0) is 80.4 Å². The third-order valence-corrected chi connectivity index (χ3v) is 7.88. The van der Waals surface area contributed by atoms with Crippen molar-refractivity contribution in [1.29, 1.82) is 0 Å². The molecule has 9 heteroatoms. The molecule has 0 N–H and O–H groups in total. The van der Waals surface area contributed by atoms with Crippen LogP contribution in [0.4, 0.5) is 4.39 Å². The largest absolute Gasteiger partial charge is 0.457 e. The van der Waals surface area contributed by atoms with E-state index in [2.05, 4.69) is 10.1 Å². The van der Waals surface area contributed by atoms with Gasteiger partial charge in [0.1, 0.15) is 17.3 Å². The van der Waals surface area contributed by atoms with Crippen LogP contribution in [-0.4, -0.2) is 36.0 Å². The second kappa shape index (κ2) is 9.59. The summed E-state index contributed by atoms with van der Waals surface area (Å²) >= 11 is 0. The van der Waals surface area contributed by atoms with Crippen LogP contribution in [0.2, 0.25) is 0 Å². The van der Waals surface area contributed by atoms with Crippen LogP contribution in [0.25, 0.3) is 11.4 Å². The molecule has 0 unspecified atom stereocenters. The van der Waals surface area contributed by atoms with Crippen LogP contribution in [0.3, 0.4) is 0 Å². The highest BCUT2D eigenvalue weighted by atomic mass is 32.2. The highest BCUT2D eigenvalue weighted by Crippen LogP contribution is 2.31. The molecule has 1 saturated heterocycles. The minimum atomic E-state index is -3.59. The number of aryl methyl sites for hydroxylation is 1. The predicted octanol–water partition coefficient (Wildman–Crippen LogP) is 5.54. The summed E-state index contributed by atoms with van der Waals surface area (Å²) in [7, 11) is -3.59. The second-order valence-corrected chi connectivity index (χ2v) is 10.5. The van der Waals surface area contributed by atoms with Gasteiger partial charge >= 0.3 is 0 Å². The maximum atomic E-state index is 13.1. The molecular formula is C26H24FN3O4S. The molecule has 7 nitrogen and oxygen atoms in total. The van der Waals surface area contributed by atoms with Gasteiger partial charge in [0.15, 0.2) is 0 Å². The molecule has 0 aliphatic carbocycles. The number of hydrogen-bond donors (Lipinski definition) is 0. The number of halogens is 1. The van der Waals surface area contributed by atoms with Crippen LogP contribution in [0.5, 0.6) is 11.5 Å². The summed E-state index contributed by atoms with van der Waals surface area (Å²) in [6.07, 6.45) is 1.48. The number of nitrogens with zero attached hydrogens (tertiary/aromatic N) is 3. The van der Waals surface area contributed by atoms with Gasteiger partial charge in [0.25, 0.3) is 0 Å². The van der Waals surface area contributed by atoms with Gasteiger partial charge in [-0.1, -0.05) is 22.9 Å². The number of ether oxygens (including phenoxy) is 1. The van der Waals surface area contributed by atoms with Crippen molar-refractivity contribution >= 4 is 10.0 Å². The molecule has 0 bridgehead atoms.